The van der Waals surface area contributed by atoms with Gasteiger partial charge in [-0.3, -0.25) is 9.55 Å². The van der Waals surface area contributed by atoms with Gasteiger partial charge < -0.3 is 5.11 Å². The van der Waals surface area contributed by atoms with Crippen molar-refractivity contribution in [1.29, 1.82) is 0 Å². The van der Waals surface area contributed by atoms with Gasteiger partial charge in [0.2, 0.25) is 0 Å². The van der Waals surface area contributed by atoms with Gasteiger partial charge in [0, 0.05) is 45.5 Å². The van der Waals surface area contributed by atoms with Crippen LogP contribution in [0, 0.1) is 26.8 Å². The smallest absolute Gasteiger partial charge is 0.148 e. The van der Waals surface area contributed by atoms with Gasteiger partial charge in [-0.1, -0.05) is 144 Å². The standard InChI is InChI=1S/C55H54N3O.Pt/c1-33(2)45-13-11-14-46(34(3)4)51(45)39-21-23-44(24-22-39)58-50-16-12-15-47(52(50)57-54(58)48-28-36(6)27-37(7)53(48)59)41-29-42(31-43(30-41)55(8,9)10)49-32-40(25-26-56-49)38-19-17-35(5)18-20-38;/h11-28,30-34,59H,1-10H3;/q-1;/i5D3,33D,34D;. The second-order valence-electron chi connectivity index (χ2n) is 17.2. The average Bonchev–Trinajstić information content (AvgIpc) is 3.63. The van der Waals surface area contributed by atoms with E-state index in [0.717, 1.165) is 89.2 Å². The van der Waals surface area contributed by atoms with Gasteiger partial charge in [0.05, 0.1) is 16.6 Å². The summed E-state index contributed by atoms with van der Waals surface area (Å²) in [4.78, 5) is 10.2. The largest absolute Gasteiger partial charge is 0.507 e. The first-order valence-electron chi connectivity index (χ1n) is 22.7. The molecule has 0 unspecified atom stereocenters. The van der Waals surface area contributed by atoms with Crippen LogP contribution in [0.1, 0.15) is 100 Å². The van der Waals surface area contributed by atoms with Crippen LogP contribution in [0.4, 0.5) is 0 Å². The summed E-state index contributed by atoms with van der Waals surface area (Å²) in [6, 6.07) is 43.2. The Morgan fingerprint density at radius 3 is 2.00 bits per heavy atom. The number of nitrogens with zero attached hydrogens (tertiary/aromatic N) is 3. The summed E-state index contributed by atoms with van der Waals surface area (Å²) in [7, 11) is 0. The van der Waals surface area contributed by atoms with Gasteiger partial charge in [0.15, 0.2) is 0 Å². The monoisotopic (exact) mass is 972 g/mol. The molecule has 0 fully saturated rings. The number of hydrogen-bond acceptors (Lipinski definition) is 3. The number of aryl methyl sites for hydroxylation is 3. The summed E-state index contributed by atoms with van der Waals surface area (Å²) in [6.45, 7) is 15.8. The van der Waals surface area contributed by atoms with Gasteiger partial charge in [-0.15, -0.1) is 29.3 Å². The molecule has 60 heavy (non-hydrogen) atoms. The van der Waals surface area contributed by atoms with E-state index in [9.17, 15) is 5.11 Å². The molecule has 0 radical (unpaired) electrons. The van der Waals surface area contributed by atoms with Gasteiger partial charge >= 0.3 is 0 Å². The van der Waals surface area contributed by atoms with E-state index in [0.29, 0.717) is 17.0 Å². The summed E-state index contributed by atoms with van der Waals surface area (Å²) >= 11 is 0. The molecule has 4 nitrogen and oxygen atoms in total. The molecule has 0 amide bonds. The molecule has 2 aromatic heterocycles. The van der Waals surface area contributed by atoms with Crippen molar-refractivity contribution in [3.63, 3.8) is 0 Å². The van der Waals surface area contributed by atoms with Gasteiger partial charge in [0.25, 0.3) is 0 Å². The first kappa shape index (κ1) is 36.3. The van der Waals surface area contributed by atoms with E-state index in [1.807, 2.05) is 102 Å². The fourth-order valence-electron chi connectivity index (χ4n) is 8.07. The minimum atomic E-state index is -2.18. The minimum Gasteiger partial charge on any atom is -0.507 e. The van der Waals surface area contributed by atoms with Crippen LogP contribution >= 0.6 is 0 Å². The quantitative estimate of drug-likeness (QED) is 0.154. The Balaban J connectivity index is 0.00000630. The fourth-order valence-corrected chi connectivity index (χ4v) is 8.07. The molecule has 1 N–H and O–H groups in total. The second kappa shape index (κ2) is 16.8. The van der Waals surface area contributed by atoms with Crippen molar-refractivity contribution in [2.45, 2.75) is 86.4 Å². The fraction of sp³-hybridized carbons (Fsp3) is 0.236. The molecule has 8 aromatic rings. The molecule has 0 atom stereocenters. The Labute approximate surface area is 377 Å². The number of imidazole rings is 1. The topological polar surface area (TPSA) is 50.9 Å². The van der Waals surface area contributed by atoms with E-state index >= 15 is 0 Å². The molecule has 0 spiro atoms. The van der Waals surface area contributed by atoms with E-state index in [2.05, 4.69) is 79.9 Å². The third-order valence-electron chi connectivity index (χ3n) is 11.2. The molecule has 0 bridgehead atoms. The minimum absolute atomic E-state index is 0. The molecule has 306 valence electrons. The Kier molecular flexibility index (Phi) is 10.2. The molecule has 2 heterocycles. The number of rotatable bonds is 8. The van der Waals surface area contributed by atoms with Crippen LogP contribution in [0.5, 0.6) is 5.75 Å². The van der Waals surface area contributed by atoms with Crippen molar-refractivity contribution < 1.29 is 33.0 Å². The van der Waals surface area contributed by atoms with E-state index in [4.69, 9.17) is 16.8 Å². The molecule has 0 saturated heterocycles. The number of phenolic OH excluding ortho intramolecular Hbond substituents is 1. The molecular formula is C55H54N3OPt-. The zero-order valence-electron chi connectivity index (χ0n) is 40.7. The van der Waals surface area contributed by atoms with Gasteiger partial charge in [-0.05, 0) is 113 Å². The predicted octanol–water partition coefficient (Wildman–Crippen LogP) is 14.7. The van der Waals surface area contributed by atoms with Crippen molar-refractivity contribution in [1.82, 2.24) is 14.5 Å². The van der Waals surface area contributed by atoms with Crippen LogP contribution in [0.3, 0.4) is 0 Å². The SMILES string of the molecule is [2H]C([2H])([2H])c1ccc(-c2ccnc(-c3[c-]c(-c4cccc5c4nc(-c4cc(C)cc(C)c4O)n5-c4ccc(-c5c(C([2H])(C)C)cccc5C([2H])(C)C)cc4)cc(C(C)(C)C)c3)c2)cc1.[Pt]. The number of phenols is 1. The first-order valence-corrected chi connectivity index (χ1v) is 20.2. The number of benzene rings is 6. The van der Waals surface area contributed by atoms with Crippen molar-refractivity contribution in [3.8, 4) is 67.5 Å². The molecule has 0 saturated carbocycles. The van der Waals surface area contributed by atoms with Gasteiger partial charge in [-0.25, -0.2) is 4.98 Å². The van der Waals surface area contributed by atoms with E-state index in [1.54, 1.807) is 18.3 Å². The third-order valence-corrected chi connectivity index (χ3v) is 11.2. The Morgan fingerprint density at radius 2 is 1.35 bits per heavy atom. The van der Waals surface area contributed by atoms with Crippen LogP contribution < -0.4 is 0 Å². The Morgan fingerprint density at radius 1 is 0.700 bits per heavy atom. The van der Waals surface area contributed by atoms with Crippen molar-refractivity contribution in [3.05, 3.63) is 167 Å². The maximum atomic E-state index is 11.7. The van der Waals surface area contributed by atoms with Gasteiger partial charge in [-0.2, -0.15) is 0 Å². The maximum Gasteiger partial charge on any atom is 0.148 e. The van der Waals surface area contributed by atoms with Crippen LogP contribution in [0.2, 0.25) is 0 Å². The van der Waals surface area contributed by atoms with Crippen LogP contribution in [-0.4, -0.2) is 19.6 Å². The zero-order chi connectivity index (χ0) is 46.1. The normalized spacial score (nSPS) is 13.5. The summed E-state index contributed by atoms with van der Waals surface area (Å²) < 4.78 is 43.6. The summed E-state index contributed by atoms with van der Waals surface area (Å²) in [5.41, 5.74) is 14.5. The summed E-state index contributed by atoms with van der Waals surface area (Å²) in [6.07, 6.45) is 1.77. The number of hydrogen-bond donors (Lipinski definition) is 1. The molecule has 6 aromatic carbocycles. The van der Waals surface area contributed by atoms with Crippen LogP contribution in [-0.2, 0) is 26.5 Å². The van der Waals surface area contributed by atoms with Crippen molar-refractivity contribution >= 4 is 11.0 Å². The number of pyridine rings is 1. The van der Waals surface area contributed by atoms with Crippen LogP contribution in [0.15, 0.2) is 128 Å². The second-order valence-corrected chi connectivity index (χ2v) is 17.2. The van der Waals surface area contributed by atoms with Crippen LogP contribution in [0.25, 0.3) is 72.7 Å². The Hall–Kier alpha value is -5.57. The molecular weight excluding hydrogens is 914 g/mol. The van der Waals surface area contributed by atoms with E-state index in [-0.39, 0.29) is 32.2 Å². The number of para-hydroxylation sites is 1. The third kappa shape index (κ3) is 8.15. The summed E-state index contributed by atoms with van der Waals surface area (Å²) in [5, 5.41) is 11.7. The molecule has 0 aliphatic rings. The average molecular weight is 973 g/mol. The number of fused-ring (bicyclic) bond motifs is 1. The zero-order valence-corrected chi connectivity index (χ0v) is 38.0. The number of aromatic hydroxyl groups is 1. The van der Waals surface area contributed by atoms with Crippen molar-refractivity contribution in [2.24, 2.45) is 0 Å². The molecule has 0 aliphatic heterocycles. The first-order chi connectivity index (χ1) is 30.0. The summed E-state index contributed by atoms with van der Waals surface area (Å²) in [5.74, 6) is -1.03. The maximum absolute atomic E-state index is 11.7. The number of aromatic nitrogens is 3. The molecule has 5 heteroatoms. The van der Waals surface area contributed by atoms with E-state index in [1.165, 1.54) is 0 Å². The van der Waals surface area contributed by atoms with Crippen molar-refractivity contribution in [2.75, 3.05) is 0 Å². The Bertz CT molecular complexity index is 3030. The van der Waals surface area contributed by atoms with E-state index < -0.39 is 18.6 Å². The predicted molar refractivity (Wildman–Crippen MR) is 248 cm³/mol. The molecule has 8 rings (SSSR count). The van der Waals surface area contributed by atoms with Gasteiger partial charge in [0.1, 0.15) is 11.6 Å². The molecule has 0 aliphatic carbocycles.